The highest BCUT2D eigenvalue weighted by Gasteiger charge is 2.26. The van der Waals surface area contributed by atoms with Crippen LogP contribution in [0.25, 0.3) is 23.1 Å². The van der Waals surface area contributed by atoms with Crippen molar-refractivity contribution in [1.29, 1.82) is 0 Å². The maximum atomic E-state index is 12.5. The van der Waals surface area contributed by atoms with E-state index in [2.05, 4.69) is 15.5 Å². The zero-order valence-corrected chi connectivity index (χ0v) is 15.0. The number of hydrogen-bond donors (Lipinski definition) is 3. The molecule has 1 saturated carbocycles. The van der Waals surface area contributed by atoms with Crippen LogP contribution in [0.5, 0.6) is 5.75 Å². The molecule has 1 aromatic heterocycles. The normalized spacial score (nSPS) is 14.0. The van der Waals surface area contributed by atoms with Crippen LogP contribution in [0.2, 0.25) is 0 Å². The van der Waals surface area contributed by atoms with E-state index in [9.17, 15) is 9.90 Å². The van der Waals surface area contributed by atoms with E-state index in [1.807, 2.05) is 42.5 Å². The third-order valence-corrected chi connectivity index (χ3v) is 4.72. The Morgan fingerprint density at radius 2 is 2.11 bits per heavy atom. The number of aliphatic hydroxyl groups is 1. The van der Waals surface area contributed by atoms with Crippen LogP contribution >= 0.6 is 0 Å². The largest absolute Gasteiger partial charge is 0.495 e. The molecular weight excluding hydrogens is 342 g/mol. The average molecular weight is 363 g/mol. The van der Waals surface area contributed by atoms with E-state index in [1.165, 1.54) is 0 Å². The van der Waals surface area contributed by atoms with Crippen LogP contribution in [0.3, 0.4) is 0 Å². The van der Waals surface area contributed by atoms with Crippen LogP contribution in [-0.4, -0.2) is 34.4 Å². The van der Waals surface area contributed by atoms with E-state index in [1.54, 1.807) is 13.2 Å². The molecule has 138 valence electrons. The summed E-state index contributed by atoms with van der Waals surface area (Å²) in [5.41, 5.74) is 3.74. The summed E-state index contributed by atoms with van der Waals surface area (Å²) in [6.07, 6.45) is 5.85. The van der Waals surface area contributed by atoms with Gasteiger partial charge in [0.2, 0.25) is 0 Å². The lowest BCUT2D eigenvalue weighted by molar-refractivity contribution is 0.0948. The van der Waals surface area contributed by atoms with Gasteiger partial charge in [0.1, 0.15) is 5.75 Å². The molecule has 6 nitrogen and oxygen atoms in total. The predicted molar refractivity (Wildman–Crippen MR) is 104 cm³/mol. The molecular formula is C21H21N3O3. The second kappa shape index (κ2) is 7.25. The van der Waals surface area contributed by atoms with Gasteiger partial charge in [-0.05, 0) is 42.2 Å². The van der Waals surface area contributed by atoms with Crippen LogP contribution < -0.4 is 10.1 Å². The van der Waals surface area contributed by atoms with Gasteiger partial charge in [-0.25, -0.2) is 0 Å². The second-order valence-corrected chi connectivity index (χ2v) is 6.62. The number of amides is 1. The topological polar surface area (TPSA) is 87.2 Å². The number of H-pyrrole nitrogens is 1. The zero-order valence-electron chi connectivity index (χ0n) is 15.0. The number of aromatic amines is 1. The Morgan fingerprint density at radius 1 is 1.30 bits per heavy atom. The number of carbonyl (C=O) groups excluding carboxylic acids is 1. The van der Waals surface area contributed by atoms with Crippen molar-refractivity contribution in [2.75, 3.05) is 7.11 Å². The molecule has 3 N–H and O–H groups in total. The number of nitrogens with one attached hydrogen (secondary N) is 2. The van der Waals surface area contributed by atoms with E-state index in [-0.39, 0.29) is 18.6 Å². The van der Waals surface area contributed by atoms with Crippen LogP contribution in [0, 0.1) is 0 Å². The minimum atomic E-state index is -0.127. The highest BCUT2D eigenvalue weighted by molar-refractivity contribution is 6.05. The number of aliphatic hydroxyl groups excluding tert-OH is 1. The van der Waals surface area contributed by atoms with Crippen molar-refractivity contribution in [3.05, 3.63) is 58.8 Å². The van der Waals surface area contributed by atoms with Crippen molar-refractivity contribution in [1.82, 2.24) is 15.5 Å². The lowest BCUT2D eigenvalue weighted by Gasteiger charge is -2.10. The summed E-state index contributed by atoms with van der Waals surface area (Å²) in [4.78, 5) is 12.5. The van der Waals surface area contributed by atoms with Gasteiger partial charge in [0.15, 0.2) is 0 Å². The van der Waals surface area contributed by atoms with Crippen LogP contribution in [-0.2, 0) is 6.61 Å². The summed E-state index contributed by atoms with van der Waals surface area (Å²) < 4.78 is 5.58. The summed E-state index contributed by atoms with van der Waals surface area (Å²) in [5, 5.41) is 20.6. The van der Waals surface area contributed by atoms with Crippen LogP contribution in [0.15, 0.2) is 36.4 Å². The molecule has 0 radical (unpaired) electrons. The molecule has 0 atom stereocenters. The second-order valence-electron chi connectivity index (χ2n) is 6.62. The SMILES string of the molecule is COc1c(C(=O)NC2CC2)ccc2n[nH]c(/C=C/c3ccccc3CO)c12. The summed E-state index contributed by atoms with van der Waals surface area (Å²) >= 11 is 0. The van der Waals surface area contributed by atoms with Crippen molar-refractivity contribution in [3.8, 4) is 5.75 Å². The minimum Gasteiger partial charge on any atom is -0.495 e. The van der Waals surface area contributed by atoms with Gasteiger partial charge in [0, 0.05) is 6.04 Å². The summed E-state index contributed by atoms with van der Waals surface area (Å²) in [6, 6.07) is 11.5. The molecule has 27 heavy (non-hydrogen) atoms. The number of benzene rings is 2. The summed E-state index contributed by atoms with van der Waals surface area (Å²) in [6.45, 7) is -0.0287. The van der Waals surface area contributed by atoms with Gasteiger partial charge in [-0.2, -0.15) is 5.10 Å². The van der Waals surface area contributed by atoms with Gasteiger partial charge in [-0.1, -0.05) is 30.3 Å². The number of nitrogens with zero attached hydrogens (tertiary/aromatic N) is 1. The van der Waals surface area contributed by atoms with Gasteiger partial charge in [-0.15, -0.1) is 0 Å². The van der Waals surface area contributed by atoms with Crippen LogP contribution in [0.1, 0.15) is 40.0 Å². The molecule has 1 aliphatic carbocycles. The number of fused-ring (bicyclic) bond motifs is 1. The molecule has 1 aliphatic rings. The van der Waals surface area contributed by atoms with Gasteiger partial charge in [0.25, 0.3) is 5.91 Å². The number of carbonyl (C=O) groups is 1. The maximum absolute atomic E-state index is 12.5. The number of rotatable bonds is 6. The summed E-state index contributed by atoms with van der Waals surface area (Å²) in [7, 11) is 1.56. The van der Waals surface area contributed by atoms with Crippen molar-refractivity contribution in [2.24, 2.45) is 0 Å². The number of aromatic nitrogens is 2. The molecule has 0 unspecified atom stereocenters. The van der Waals surface area contributed by atoms with Crippen LogP contribution in [0.4, 0.5) is 0 Å². The Hall–Kier alpha value is -3.12. The van der Waals surface area contributed by atoms with Crippen molar-refractivity contribution in [2.45, 2.75) is 25.5 Å². The molecule has 6 heteroatoms. The Balaban J connectivity index is 1.74. The first-order valence-corrected chi connectivity index (χ1v) is 8.94. The first kappa shape index (κ1) is 17.3. The molecule has 0 saturated heterocycles. The van der Waals surface area contributed by atoms with Gasteiger partial charge in [-0.3, -0.25) is 9.89 Å². The van der Waals surface area contributed by atoms with Gasteiger partial charge < -0.3 is 15.2 Å². The predicted octanol–water partition coefficient (Wildman–Crippen LogP) is 3.13. The highest BCUT2D eigenvalue weighted by atomic mass is 16.5. The standard InChI is InChI=1S/C21H21N3O3/c1-27-20-16(21(26)22-15-7-8-15)9-11-18-19(20)17(23-24-18)10-6-13-4-2-3-5-14(13)12-25/h2-6,9-11,15,25H,7-8,12H2,1H3,(H,22,26)(H,23,24)/b10-6+. The van der Waals surface area contributed by atoms with Crippen molar-refractivity contribution >= 4 is 29.0 Å². The number of methoxy groups -OCH3 is 1. The summed E-state index contributed by atoms with van der Waals surface area (Å²) in [5.74, 6) is 0.382. The fraction of sp³-hybridized carbons (Fsp3) is 0.238. The van der Waals surface area contributed by atoms with Gasteiger partial charge >= 0.3 is 0 Å². The first-order chi connectivity index (χ1) is 13.2. The molecule has 0 aliphatic heterocycles. The lowest BCUT2D eigenvalue weighted by Crippen LogP contribution is -2.25. The van der Waals surface area contributed by atoms with E-state index in [0.717, 1.165) is 40.6 Å². The third kappa shape index (κ3) is 3.44. The molecule has 1 fully saturated rings. The Morgan fingerprint density at radius 3 is 2.85 bits per heavy atom. The molecule has 0 spiro atoms. The Kier molecular flexibility index (Phi) is 4.64. The minimum absolute atomic E-state index is 0.0287. The molecule has 0 bridgehead atoms. The monoisotopic (exact) mass is 363 g/mol. The molecule has 1 amide bonds. The fourth-order valence-electron chi connectivity index (χ4n) is 3.12. The lowest BCUT2D eigenvalue weighted by atomic mass is 10.0. The fourth-order valence-corrected chi connectivity index (χ4v) is 3.12. The molecule has 3 aromatic rings. The quantitative estimate of drug-likeness (QED) is 0.628. The Bertz CT molecular complexity index is 1020. The van der Waals surface area contributed by atoms with E-state index in [4.69, 9.17) is 4.74 Å². The maximum Gasteiger partial charge on any atom is 0.255 e. The number of ether oxygens (including phenoxy) is 1. The highest BCUT2D eigenvalue weighted by Crippen LogP contribution is 2.33. The smallest absolute Gasteiger partial charge is 0.255 e. The zero-order chi connectivity index (χ0) is 18.8. The third-order valence-electron chi connectivity index (χ3n) is 4.72. The number of hydrogen-bond acceptors (Lipinski definition) is 4. The van der Waals surface area contributed by atoms with Crippen molar-refractivity contribution in [3.63, 3.8) is 0 Å². The molecule has 2 aromatic carbocycles. The van der Waals surface area contributed by atoms with E-state index < -0.39 is 0 Å². The van der Waals surface area contributed by atoms with Gasteiger partial charge in [0.05, 0.1) is 35.9 Å². The van der Waals surface area contributed by atoms with E-state index in [0.29, 0.717) is 11.3 Å². The van der Waals surface area contributed by atoms with E-state index >= 15 is 0 Å². The molecule has 1 heterocycles. The van der Waals surface area contributed by atoms with Crippen molar-refractivity contribution < 1.29 is 14.6 Å². The molecule has 4 rings (SSSR count). The first-order valence-electron chi connectivity index (χ1n) is 8.94. The Labute approximate surface area is 156 Å². The average Bonchev–Trinajstić information content (AvgIpc) is 3.42.